The van der Waals surface area contributed by atoms with Gasteiger partial charge in [0, 0.05) is 18.8 Å². The average molecular weight is 272 g/mol. The maximum Gasteiger partial charge on any atom is 0.220 e. The predicted octanol–water partition coefficient (Wildman–Crippen LogP) is 1.79. The summed E-state index contributed by atoms with van der Waals surface area (Å²) in [6, 6.07) is 9.83. The first kappa shape index (κ1) is 14.3. The molecule has 5 nitrogen and oxygen atoms in total. The second kappa shape index (κ2) is 6.86. The van der Waals surface area contributed by atoms with Crippen molar-refractivity contribution in [3.63, 3.8) is 0 Å². The first-order valence-corrected chi connectivity index (χ1v) is 6.80. The SMILES string of the molecule is CC(NC(=O)CCCN)c1cccc(-n2cccn2)c1. The fourth-order valence-electron chi connectivity index (χ4n) is 2.02. The van der Waals surface area contributed by atoms with E-state index in [0.717, 1.165) is 11.3 Å². The van der Waals surface area contributed by atoms with Crippen LogP contribution < -0.4 is 11.1 Å². The number of carbonyl (C=O) groups is 1. The number of benzene rings is 1. The molecule has 0 saturated heterocycles. The topological polar surface area (TPSA) is 72.9 Å². The molecule has 0 radical (unpaired) electrons. The highest BCUT2D eigenvalue weighted by atomic mass is 16.1. The Morgan fingerprint density at radius 3 is 3.00 bits per heavy atom. The van der Waals surface area contributed by atoms with Crippen molar-refractivity contribution in [2.75, 3.05) is 6.54 Å². The van der Waals surface area contributed by atoms with E-state index in [1.54, 1.807) is 10.9 Å². The smallest absolute Gasteiger partial charge is 0.220 e. The van der Waals surface area contributed by atoms with Gasteiger partial charge < -0.3 is 11.1 Å². The highest BCUT2D eigenvalue weighted by Crippen LogP contribution is 2.16. The van der Waals surface area contributed by atoms with Crippen LogP contribution in [0.3, 0.4) is 0 Å². The van der Waals surface area contributed by atoms with E-state index in [-0.39, 0.29) is 11.9 Å². The molecule has 2 aromatic rings. The molecule has 1 aromatic carbocycles. The number of amides is 1. The standard InChI is InChI=1S/C15H20N4O/c1-12(18-15(20)7-3-8-16)13-5-2-6-14(11-13)19-10-4-9-17-19/h2,4-6,9-12H,3,7-8,16H2,1H3,(H,18,20). The van der Waals surface area contributed by atoms with Crippen molar-refractivity contribution in [3.05, 3.63) is 48.3 Å². The fraction of sp³-hybridized carbons (Fsp3) is 0.333. The van der Waals surface area contributed by atoms with Gasteiger partial charge in [-0.25, -0.2) is 4.68 Å². The van der Waals surface area contributed by atoms with Crippen LogP contribution in [-0.4, -0.2) is 22.2 Å². The Hall–Kier alpha value is -2.14. The van der Waals surface area contributed by atoms with Gasteiger partial charge in [0.15, 0.2) is 0 Å². The molecule has 1 amide bonds. The van der Waals surface area contributed by atoms with Crippen molar-refractivity contribution >= 4 is 5.91 Å². The second-order valence-electron chi connectivity index (χ2n) is 4.73. The molecule has 0 fully saturated rings. The summed E-state index contributed by atoms with van der Waals surface area (Å²) in [5.41, 5.74) is 7.44. The molecule has 1 unspecified atom stereocenters. The Morgan fingerprint density at radius 1 is 1.45 bits per heavy atom. The van der Waals surface area contributed by atoms with E-state index in [9.17, 15) is 4.79 Å². The lowest BCUT2D eigenvalue weighted by Gasteiger charge is -2.15. The fourth-order valence-corrected chi connectivity index (χ4v) is 2.02. The molecule has 0 aliphatic heterocycles. The predicted molar refractivity (Wildman–Crippen MR) is 78.4 cm³/mol. The molecule has 2 rings (SSSR count). The molecule has 0 bridgehead atoms. The normalized spacial score (nSPS) is 12.1. The molecular formula is C15H20N4O. The number of carbonyl (C=O) groups excluding carboxylic acids is 1. The summed E-state index contributed by atoms with van der Waals surface area (Å²) in [6.07, 6.45) is 4.82. The maximum atomic E-state index is 11.7. The number of nitrogens with two attached hydrogens (primary N) is 1. The van der Waals surface area contributed by atoms with Crippen LogP contribution in [0.4, 0.5) is 0 Å². The van der Waals surface area contributed by atoms with Gasteiger partial charge in [-0.2, -0.15) is 5.10 Å². The molecule has 0 aliphatic rings. The van der Waals surface area contributed by atoms with E-state index in [4.69, 9.17) is 5.73 Å². The average Bonchev–Trinajstić information content (AvgIpc) is 2.99. The van der Waals surface area contributed by atoms with Gasteiger partial charge >= 0.3 is 0 Å². The summed E-state index contributed by atoms with van der Waals surface area (Å²) in [4.78, 5) is 11.7. The minimum atomic E-state index is -0.0317. The number of nitrogens with zero attached hydrogens (tertiary/aromatic N) is 2. The molecule has 0 aliphatic carbocycles. The monoisotopic (exact) mass is 272 g/mol. The van der Waals surface area contributed by atoms with Crippen LogP contribution >= 0.6 is 0 Å². The van der Waals surface area contributed by atoms with E-state index >= 15 is 0 Å². The third-order valence-corrected chi connectivity index (χ3v) is 3.12. The van der Waals surface area contributed by atoms with E-state index in [1.807, 2.05) is 43.5 Å². The first-order chi connectivity index (χ1) is 9.70. The van der Waals surface area contributed by atoms with Crippen LogP contribution in [0.1, 0.15) is 31.4 Å². The van der Waals surface area contributed by atoms with Crippen molar-refractivity contribution in [1.29, 1.82) is 0 Å². The first-order valence-electron chi connectivity index (χ1n) is 6.80. The highest BCUT2D eigenvalue weighted by Gasteiger charge is 2.10. The number of nitrogens with one attached hydrogen (secondary N) is 1. The zero-order valence-corrected chi connectivity index (χ0v) is 11.6. The van der Waals surface area contributed by atoms with Gasteiger partial charge in [-0.15, -0.1) is 0 Å². The van der Waals surface area contributed by atoms with Crippen molar-refractivity contribution < 1.29 is 4.79 Å². The van der Waals surface area contributed by atoms with Crippen molar-refractivity contribution in [2.45, 2.75) is 25.8 Å². The van der Waals surface area contributed by atoms with E-state index in [1.165, 1.54) is 0 Å². The highest BCUT2D eigenvalue weighted by molar-refractivity contribution is 5.76. The zero-order chi connectivity index (χ0) is 14.4. The lowest BCUT2D eigenvalue weighted by molar-refractivity contribution is -0.121. The molecule has 1 aromatic heterocycles. The summed E-state index contributed by atoms with van der Waals surface area (Å²) >= 11 is 0. The van der Waals surface area contributed by atoms with Crippen molar-refractivity contribution in [2.24, 2.45) is 5.73 Å². The molecule has 5 heteroatoms. The minimum absolute atomic E-state index is 0.0317. The second-order valence-corrected chi connectivity index (χ2v) is 4.73. The molecule has 3 N–H and O–H groups in total. The van der Waals surface area contributed by atoms with E-state index in [2.05, 4.69) is 10.4 Å². The third-order valence-electron chi connectivity index (χ3n) is 3.12. The summed E-state index contributed by atoms with van der Waals surface area (Å²) in [5, 5.41) is 7.18. The lowest BCUT2D eigenvalue weighted by Crippen LogP contribution is -2.27. The quantitative estimate of drug-likeness (QED) is 0.842. The van der Waals surface area contributed by atoms with E-state index < -0.39 is 0 Å². The molecule has 20 heavy (non-hydrogen) atoms. The van der Waals surface area contributed by atoms with Crippen LogP contribution in [0.2, 0.25) is 0 Å². The lowest BCUT2D eigenvalue weighted by atomic mass is 10.1. The Kier molecular flexibility index (Phi) is 4.90. The molecular weight excluding hydrogens is 252 g/mol. The van der Waals surface area contributed by atoms with Crippen LogP contribution in [0.5, 0.6) is 0 Å². The van der Waals surface area contributed by atoms with Crippen molar-refractivity contribution in [3.8, 4) is 5.69 Å². The van der Waals surface area contributed by atoms with Gasteiger partial charge in [0.05, 0.1) is 11.7 Å². The summed E-state index contributed by atoms with van der Waals surface area (Å²) < 4.78 is 1.80. The Balaban J connectivity index is 2.05. The minimum Gasteiger partial charge on any atom is -0.350 e. The Morgan fingerprint density at radius 2 is 2.30 bits per heavy atom. The van der Waals surface area contributed by atoms with Gasteiger partial charge in [0.25, 0.3) is 0 Å². The Labute approximate surface area is 118 Å². The zero-order valence-electron chi connectivity index (χ0n) is 11.6. The van der Waals surface area contributed by atoms with Crippen molar-refractivity contribution in [1.82, 2.24) is 15.1 Å². The number of hydrogen-bond acceptors (Lipinski definition) is 3. The summed E-state index contributed by atoms with van der Waals surface area (Å²) in [5.74, 6) is 0.0347. The van der Waals surface area contributed by atoms with Crippen LogP contribution in [0.15, 0.2) is 42.7 Å². The number of rotatable bonds is 6. The molecule has 106 valence electrons. The van der Waals surface area contributed by atoms with Gasteiger partial charge in [-0.3, -0.25) is 4.79 Å². The van der Waals surface area contributed by atoms with Crippen LogP contribution in [0, 0.1) is 0 Å². The molecule has 1 atom stereocenters. The largest absolute Gasteiger partial charge is 0.350 e. The van der Waals surface area contributed by atoms with E-state index in [0.29, 0.717) is 19.4 Å². The van der Waals surface area contributed by atoms with Gasteiger partial charge in [-0.1, -0.05) is 12.1 Å². The summed E-state index contributed by atoms with van der Waals surface area (Å²) in [6.45, 7) is 2.51. The van der Waals surface area contributed by atoms with Crippen LogP contribution in [-0.2, 0) is 4.79 Å². The third kappa shape index (κ3) is 3.68. The summed E-state index contributed by atoms with van der Waals surface area (Å²) in [7, 11) is 0. The molecule has 0 spiro atoms. The maximum absolute atomic E-state index is 11.7. The Bertz CT molecular complexity index is 551. The molecule has 1 heterocycles. The van der Waals surface area contributed by atoms with Gasteiger partial charge in [-0.05, 0) is 43.7 Å². The number of aromatic nitrogens is 2. The van der Waals surface area contributed by atoms with Gasteiger partial charge in [0.2, 0.25) is 5.91 Å². The number of hydrogen-bond donors (Lipinski definition) is 2. The van der Waals surface area contributed by atoms with Gasteiger partial charge in [0.1, 0.15) is 0 Å². The van der Waals surface area contributed by atoms with Crippen LogP contribution in [0.25, 0.3) is 5.69 Å². The molecule has 0 saturated carbocycles.